The largest absolute Gasteiger partial charge is 0.497 e. The number of nitrogens with one attached hydrogen (secondary N) is 1. The predicted molar refractivity (Wildman–Crippen MR) is 134 cm³/mol. The van der Waals surface area contributed by atoms with E-state index >= 15 is 0 Å². The van der Waals surface area contributed by atoms with Gasteiger partial charge in [-0.25, -0.2) is 4.98 Å². The molecule has 0 fully saturated rings. The van der Waals surface area contributed by atoms with Gasteiger partial charge in [-0.1, -0.05) is 30.3 Å². The normalized spacial score (nSPS) is 15.5. The number of amides is 1. The molecule has 0 saturated heterocycles. The Morgan fingerprint density at radius 1 is 1.14 bits per heavy atom. The van der Waals surface area contributed by atoms with Crippen LogP contribution in [0.3, 0.4) is 0 Å². The second kappa shape index (κ2) is 9.65. The van der Waals surface area contributed by atoms with Gasteiger partial charge in [0.2, 0.25) is 5.91 Å². The summed E-state index contributed by atoms with van der Waals surface area (Å²) in [4.78, 5) is 41.4. The van der Waals surface area contributed by atoms with Crippen molar-refractivity contribution < 1.29 is 24.2 Å². The fourth-order valence-electron chi connectivity index (χ4n) is 4.89. The van der Waals surface area contributed by atoms with Crippen LogP contribution in [-0.2, 0) is 9.59 Å². The number of carbonyl (C=O) groups is 3. The van der Waals surface area contributed by atoms with Gasteiger partial charge in [-0.05, 0) is 47.5 Å². The molecule has 1 aliphatic carbocycles. The lowest BCUT2D eigenvalue weighted by atomic mass is 9.97. The van der Waals surface area contributed by atoms with Crippen LogP contribution < -0.4 is 10.1 Å². The molecule has 8 nitrogen and oxygen atoms in total. The number of ketones is 1. The molecular weight excluding hydrogens is 458 g/mol. The van der Waals surface area contributed by atoms with Gasteiger partial charge in [-0.2, -0.15) is 0 Å². The van der Waals surface area contributed by atoms with Crippen molar-refractivity contribution in [3.63, 3.8) is 0 Å². The van der Waals surface area contributed by atoms with Crippen LogP contribution in [0.5, 0.6) is 5.75 Å². The van der Waals surface area contributed by atoms with Gasteiger partial charge in [-0.15, -0.1) is 0 Å². The van der Waals surface area contributed by atoms with E-state index in [1.54, 1.807) is 43.8 Å². The fourth-order valence-corrected chi connectivity index (χ4v) is 4.89. The lowest BCUT2D eigenvalue weighted by Crippen LogP contribution is -2.16. The Hall–Kier alpha value is -4.46. The number of rotatable bonds is 8. The summed E-state index contributed by atoms with van der Waals surface area (Å²) in [6.07, 6.45) is 1.97. The zero-order valence-corrected chi connectivity index (χ0v) is 19.7. The number of carboxylic acid groups (broad SMARTS) is 1. The molecule has 0 radical (unpaired) electrons. The van der Waals surface area contributed by atoms with Crippen molar-refractivity contribution in [2.45, 2.75) is 31.2 Å². The number of anilines is 1. The van der Waals surface area contributed by atoms with Crippen LogP contribution >= 0.6 is 0 Å². The monoisotopic (exact) mass is 483 g/mol. The number of carbonyl (C=O) groups excluding carboxylic acids is 2. The molecule has 4 aromatic rings. The number of hydrogen-bond donors (Lipinski definition) is 2. The van der Waals surface area contributed by atoms with Crippen LogP contribution in [0.4, 0.5) is 5.69 Å². The van der Waals surface area contributed by atoms with E-state index < -0.39 is 12.0 Å². The number of methoxy groups -OCH3 is 1. The number of aromatic nitrogens is 2. The zero-order valence-electron chi connectivity index (χ0n) is 19.7. The number of imidazole rings is 1. The van der Waals surface area contributed by atoms with Crippen molar-refractivity contribution >= 4 is 34.4 Å². The quantitative estimate of drug-likeness (QED) is 0.372. The SMILES string of the molecule is COc1ccc2c(c1)C(CC(=O)Nc1ccc3ncn(C(CC(=O)O)c4ccccc4)c3c1)CC2=O. The summed E-state index contributed by atoms with van der Waals surface area (Å²) in [6, 6.07) is 19.7. The molecular formula is C28H25N3O5. The maximum absolute atomic E-state index is 12.9. The van der Waals surface area contributed by atoms with E-state index in [2.05, 4.69) is 10.3 Å². The average Bonchev–Trinajstić information content (AvgIpc) is 3.43. The fraction of sp³-hybridized carbons (Fsp3) is 0.214. The third-order valence-corrected chi connectivity index (χ3v) is 6.61. The van der Waals surface area contributed by atoms with E-state index in [1.165, 1.54) is 0 Å². The molecule has 1 aromatic heterocycles. The number of fused-ring (bicyclic) bond motifs is 2. The number of benzene rings is 3. The molecule has 2 unspecified atom stereocenters. The van der Waals surface area contributed by atoms with Crippen LogP contribution in [-0.4, -0.2) is 39.4 Å². The van der Waals surface area contributed by atoms with Crippen molar-refractivity contribution in [3.8, 4) is 5.75 Å². The highest BCUT2D eigenvalue weighted by molar-refractivity contribution is 6.03. The molecule has 0 aliphatic heterocycles. The average molecular weight is 484 g/mol. The van der Waals surface area contributed by atoms with E-state index in [4.69, 9.17) is 4.74 Å². The molecule has 5 rings (SSSR count). The van der Waals surface area contributed by atoms with Gasteiger partial charge in [0.1, 0.15) is 5.75 Å². The van der Waals surface area contributed by atoms with Gasteiger partial charge in [0.15, 0.2) is 5.78 Å². The van der Waals surface area contributed by atoms with Gasteiger partial charge in [0.05, 0.1) is 36.9 Å². The van der Waals surface area contributed by atoms with Crippen LogP contribution in [0.2, 0.25) is 0 Å². The molecule has 182 valence electrons. The number of aliphatic carboxylic acids is 1. The first-order chi connectivity index (χ1) is 17.4. The lowest BCUT2D eigenvalue weighted by molar-refractivity contribution is -0.137. The smallest absolute Gasteiger partial charge is 0.305 e. The molecule has 2 N–H and O–H groups in total. The lowest BCUT2D eigenvalue weighted by Gasteiger charge is -2.18. The topological polar surface area (TPSA) is 111 Å². The molecule has 0 spiro atoms. The number of ether oxygens (including phenoxy) is 1. The molecule has 8 heteroatoms. The van der Waals surface area contributed by atoms with E-state index in [0.29, 0.717) is 28.0 Å². The first-order valence-corrected chi connectivity index (χ1v) is 11.7. The van der Waals surface area contributed by atoms with Crippen molar-refractivity contribution in [2.75, 3.05) is 12.4 Å². The second-order valence-corrected chi connectivity index (χ2v) is 8.91. The van der Waals surface area contributed by atoms with Crippen molar-refractivity contribution in [3.05, 3.63) is 89.7 Å². The van der Waals surface area contributed by atoms with Crippen molar-refractivity contribution in [1.82, 2.24) is 9.55 Å². The molecule has 1 aliphatic rings. The number of hydrogen-bond acceptors (Lipinski definition) is 5. The van der Waals surface area contributed by atoms with Gasteiger partial charge in [-0.3, -0.25) is 14.4 Å². The molecule has 0 saturated carbocycles. The summed E-state index contributed by atoms with van der Waals surface area (Å²) in [5, 5.41) is 12.5. The standard InChI is InChI=1S/C28H25N3O5/c1-36-20-8-9-21-22(14-20)18(11-26(21)32)12-27(33)30-19-7-10-23-25(13-19)31(16-29-23)24(15-28(34)35)17-5-3-2-4-6-17/h2-10,13-14,16,18,24H,11-12,15H2,1H3,(H,30,33)(H,34,35). The predicted octanol–water partition coefficient (Wildman–Crippen LogP) is 4.81. The number of nitrogens with zero attached hydrogens (tertiary/aromatic N) is 2. The second-order valence-electron chi connectivity index (χ2n) is 8.91. The molecule has 3 aromatic carbocycles. The third-order valence-electron chi connectivity index (χ3n) is 6.61. The zero-order chi connectivity index (χ0) is 25.2. The van der Waals surface area contributed by atoms with Gasteiger partial charge in [0, 0.05) is 30.0 Å². The highest BCUT2D eigenvalue weighted by atomic mass is 16.5. The molecule has 1 heterocycles. The summed E-state index contributed by atoms with van der Waals surface area (Å²) in [5.74, 6) is -0.657. The third kappa shape index (κ3) is 4.57. The first kappa shape index (κ1) is 23.3. The summed E-state index contributed by atoms with van der Waals surface area (Å²) in [6.45, 7) is 0. The van der Waals surface area contributed by atoms with E-state index in [0.717, 1.165) is 11.1 Å². The molecule has 36 heavy (non-hydrogen) atoms. The Kier molecular flexibility index (Phi) is 6.25. The Bertz CT molecular complexity index is 1460. The maximum Gasteiger partial charge on any atom is 0.305 e. The van der Waals surface area contributed by atoms with Crippen LogP contribution in [0.1, 0.15) is 52.7 Å². The molecule has 2 atom stereocenters. The van der Waals surface area contributed by atoms with Crippen molar-refractivity contribution in [2.24, 2.45) is 0 Å². The van der Waals surface area contributed by atoms with Crippen LogP contribution in [0, 0.1) is 0 Å². The highest BCUT2D eigenvalue weighted by Crippen LogP contribution is 2.38. The van der Waals surface area contributed by atoms with Crippen LogP contribution in [0.25, 0.3) is 11.0 Å². The van der Waals surface area contributed by atoms with Gasteiger partial charge >= 0.3 is 5.97 Å². The Morgan fingerprint density at radius 3 is 2.69 bits per heavy atom. The molecule has 1 amide bonds. The minimum atomic E-state index is -0.918. The van der Waals surface area contributed by atoms with Crippen LogP contribution in [0.15, 0.2) is 73.1 Å². The highest BCUT2D eigenvalue weighted by Gasteiger charge is 2.31. The van der Waals surface area contributed by atoms with E-state index in [-0.39, 0.29) is 36.9 Å². The molecule has 0 bridgehead atoms. The summed E-state index contributed by atoms with van der Waals surface area (Å²) in [7, 11) is 1.57. The maximum atomic E-state index is 12.9. The minimum absolute atomic E-state index is 0.0289. The number of Topliss-reactive ketones (excluding diaryl/α,β-unsaturated/α-hetero) is 1. The van der Waals surface area contributed by atoms with E-state index in [1.807, 2.05) is 41.0 Å². The number of carboxylic acids is 1. The Balaban J connectivity index is 1.38. The van der Waals surface area contributed by atoms with E-state index in [9.17, 15) is 19.5 Å². The minimum Gasteiger partial charge on any atom is -0.497 e. The summed E-state index contributed by atoms with van der Waals surface area (Å²) < 4.78 is 7.11. The van der Waals surface area contributed by atoms with Gasteiger partial charge < -0.3 is 19.7 Å². The summed E-state index contributed by atoms with van der Waals surface area (Å²) >= 11 is 0. The Labute approximate surface area is 207 Å². The summed E-state index contributed by atoms with van der Waals surface area (Å²) in [5.41, 5.74) is 4.32. The van der Waals surface area contributed by atoms with Crippen molar-refractivity contribution in [1.29, 1.82) is 0 Å². The first-order valence-electron chi connectivity index (χ1n) is 11.7. The Morgan fingerprint density at radius 2 is 1.94 bits per heavy atom. The van der Waals surface area contributed by atoms with Gasteiger partial charge in [0.25, 0.3) is 0 Å².